The lowest BCUT2D eigenvalue weighted by Gasteiger charge is -2.36. The van der Waals surface area contributed by atoms with Gasteiger partial charge in [0.05, 0.1) is 12.7 Å². The minimum atomic E-state index is -4.22. The fourth-order valence-corrected chi connectivity index (χ4v) is 3.41. The van der Waals surface area contributed by atoms with Crippen LogP contribution in [0.3, 0.4) is 0 Å². The standard InChI is InChI=1S/C23H16F6N4O2/c24-15-4-6-17(19(26)8-15)22(34,11-33-13-30-12-32-33)23(28,29)20-7-5-16(9-31-20)35-10-14-2-1-3-18(25)21(14)27/h1-9,12-13,34H,10-11H2. The molecule has 0 amide bonds. The smallest absolute Gasteiger partial charge is 0.323 e. The molecule has 6 nitrogen and oxygen atoms in total. The fourth-order valence-electron chi connectivity index (χ4n) is 3.41. The van der Waals surface area contributed by atoms with Crippen molar-refractivity contribution in [2.24, 2.45) is 0 Å². The van der Waals surface area contributed by atoms with Crippen molar-refractivity contribution in [3.8, 4) is 5.75 Å². The van der Waals surface area contributed by atoms with E-state index in [4.69, 9.17) is 4.74 Å². The number of benzene rings is 2. The van der Waals surface area contributed by atoms with Crippen LogP contribution in [0.5, 0.6) is 5.75 Å². The van der Waals surface area contributed by atoms with Crippen LogP contribution in [0.15, 0.2) is 67.4 Å². The van der Waals surface area contributed by atoms with Gasteiger partial charge in [-0.15, -0.1) is 0 Å². The van der Waals surface area contributed by atoms with Crippen LogP contribution in [0.4, 0.5) is 26.3 Å². The summed E-state index contributed by atoms with van der Waals surface area (Å²) in [4.78, 5) is 7.25. The Balaban J connectivity index is 1.64. The minimum Gasteiger partial charge on any atom is -0.487 e. The highest BCUT2D eigenvalue weighted by Gasteiger charge is 2.57. The summed E-state index contributed by atoms with van der Waals surface area (Å²) < 4.78 is 92.5. The normalized spacial score (nSPS) is 13.5. The third-order valence-corrected chi connectivity index (χ3v) is 5.24. The Hall–Kier alpha value is -3.93. The molecule has 0 bridgehead atoms. The maximum atomic E-state index is 15.7. The molecule has 4 rings (SSSR count). The van der Waals surface area contributed by atoms with Crippen LogP contribution in [-0.2, 0) is 24.7 Å². The minimum absolute atomic E-state index is 0.0546. The summed E-state index contributed by atoms with van der Waals surface area (Å²) in [5.41, 5.74) is -5.21. The zero-order valence-electron chi connectivity index (χ0n) is 17.7. The molecule has 0 saturated heterocycles. The van der Waals surface area contributed by atoms with Crippen molar-refractivity contribution < 1.29 is 36.2 Å². The quantitative estimate of drug-likeness (QED) is 0.366. The van der Waals surface area contributed by atoms with Gasteiger partial charge in [-0.25, -0.2) is 27.2 Å². The summed E-state index contributed by atoms with van der Waals surface area (Å²) in [5.74, 6) is -8.87. The summed E-state index contributed by atoms with van der Waals surface area (Å²) in [7, 11) is 0. The predicted octanol–water partition coefficient (Wildman–Crippen LogP) is 4.49. The van der Waals surface area contributed by atoms with Gasteiger partial charge in [0, 0.05) is 17.2 Å². The number of ether oxygens (including phenoxy) is 1. The van der Waals surface area contributed by atoms with E-state index in [-0.39, 0.29) is 11.3 Å². The summed E-state index contributed by atoms with van der Waals surface area (Å²) in [6.45, 7) is -1.35. The van der Waals surface area contributed by atoms with Crippen molar-refractivity contribution in [2.75, 3.05) is 0 Å². The van der Waals surface area contributed by atoms with Crippen LogP contribution >= 0.6 is 0 Å². The summed E-state index contributed by atoms with van der Waals surface area (Å²) >= 11 is 0. The van der Waals surface area contributed by atoms with Gasteiger partial charge in [-0.1, -0.05) is 12.1 Å². The fraction of sp³-hybridized carbons (Fsp3) is 0.174. The molecule has 1 unspecified atom stereocenters. The van der Waals surface area contributed by atoms with Crippen LogP contribution in [0.25, 0.3) is 0 Å². The monoisotopic (exact) mass is 494 g/mol. The molecule has 1 atom stereocenters. The van der Waals surface area contributed by atoms with Crippen molar-refractivity contribution in [1.82, 2.24) is 19.7 Å². The number of pyridine rings is 1. The third-order valence-electron chi connectivity index (χ3n) is 5.24. The molecule has 0 saturated carbocycles. The molecule has 2 aromatic carbocycles. The maximum absolute atomic E-state index is 15.7. The van der Waals surface area contributed by atoms with Gasteiger partial charge in [-0.3, -0.25) is 4.98 Å². The maximum Gasteiger partial charge on any atom is 0.323 e. The van der Waals surface area contributed by atoms with Crippen LogP contribution in [0, 0.1) is 23.3 Å². The summed E-state index contributed by atoms with van der Waals surface area (Å²) in [6.07, 6.45) is 2.96. The Labute approximate surface area is 194 Å². The lowest BCUT2D eigenvalue weighted by Crippen LogP contribution is -2.48. The van der Waals surface area contributed by atoms with E-state index in [1.165, 1.54) is 12.1 Å². The second kappa shape index (κ2) is 9.37. The van der Waals surface area contributed by atoms with E-state index >= 15 is 8.78 Å². The first-order valence-electron chi connectivity index (χ1n) is 10.0. The van der Waals surface area contributed by atoms with E-state index in [1.54, 1.807) is 0 Å². The van der Waals surface area contributed by atoms with Gasteiger partial charge in [0.15, 0.2) is 17.2 Å². The van der Waals surface area contributed by atoms with Gasteiger partial charge in [-0.05, 0) is 30.3 Å². The molecular formula is C23H16F6N4O2. The highest BCUT2D eigenvalue weighted by Crippen LogP contribution is 2.46. The number of hydrogen-bond donors (Lipinski definition) is 1. The average molecular weight is 494 g/mol. The number of alkyl halides is 2. The van der Waals surface area contributed by atoms with Crippen LogP contribution in [-0.4, -0.2) is 24.9 Å². The number of halogens is 6. The van der Waals surface area contributed by atoms with E-state index < -0.39 is 59.2 Å². The lowest BCUT2D eigenvalue weighted by molar-refractivity contribution is -0.207. The zero-order chi connectivity index (χ0) is 25.2. The number of aliphatic hydroxyl groups is 1. The van der Waals surface area contributed by atoms with E-state index in [2.05, 4.69) is 15.1 Å². The van der Waals surface area contributed by atoms with Crippen molar-refractivity contribution in [2.45, 2.75) is 24.7 Å². The highest BCUT2D eigenvalue weighted by molar-refractivity contribution is 5.32. The van der Waals surface area contributed by atoms with E-state index in [0.29, 0.717) is 12.1 Å². The number of rotatable bonds is 8. The first-order chi connectivity index (χ1) is 16.6. The van der Waals surface area contributed by atoms with Gasteiger partial charge in [-0.2, -0.15) is 13.9 Å². The molecule has 0 fully saturated rings. The van der Waals surface area contributed by atoms with Crippen LogP contribution in [0.1, 0.15) is 16.8 Å². The summed E-state index contributed by atoms with van der Waals surface area (Å²) in [5, 5.41) is 14.8. The van der Waals surface area contributed by atoms with Crippen LogP contribution < -0.4 is 4.74 Å². The second-order valence-corrected chi connectivity index (χ2v) is 7.53. The number of nitrogens with zero attached hydrogens (tertiary/aromatic N) is 4. The molecule has 12 heteroatoms. The molecule has 0 aliphatic carbocycles. The molecule has 35 heavy (non-hydrogen) atoms. The zero-order valence-corrected chi connectivity index (χ0v) is 17.7. The van der Waals surface area contributed by atoms with Gasteiger partial charge >= 0.3 is 5.92 Å². The molecule has 0 aliphatic heterocycles. The number of aromatic nitrogens is 4. The third kappa shape index (κ3) is 4.69. The molecule has 182 valence electrons. The van der Waals surface area contributed by atoms with Crippen molar-refractivity contribution >= 4 is 0 Å². The summed E-state index contributed by atoms with van der Waals surface area (Å²) in [6, 6.07) is 7.21. The number of hydrogen-bond acceptors (Lipinski definition) is 5. The highest BCUT2D eigenvalue weighted by atomic mass is 19.3. The van der Waals surface area contributed by atoms with Gasteiger partial charge in [0.25, 0.3) is 0 Å². The molecule has 2 heterocycles. The first kappa shape index (κ1) is 24.2. The molecule has 4 aromatic rings. The average Bonchev–Trinajstić information content (AvgIpc) is 3.33. The van der Waals surface area contributed by atoms with Gasteiger partial charge in [0.2, 0.25) is 0 Å². The Morgan fingerprint density at radius 3 is 2.43 bits per heavy atom. The molecular weight excluding hydrogens is 478 g/mol. The van der Waals surface area contributed by atoms with Crippen LogP contribution in [0.2, 0.25) is 0 Å². The Bertz CT molecular complexity index is 1320. The lowest BCUT2D eigenvalue weighted by atomic mass is 9.84. The van der Waals surface area contributed by atoms with Crippen molar-refractivity contribution in [3.05, 3.63) is 107 Å². The first-order valence-corrected chi connectivity index (χ1v) is 10.0. The Kier molecular flexibility index (Phi) is 6.48. The van der Waals surface area contributed by atoms with Gasteiger partial charge in [0.1, 0.15) is 42.3 Å². The molecule has 0 spiro atoms. The largest absolute Gasteiger partial charge is 0.487 e. The van der Waals surface area contributed by atoms with Crippen molar-refractivity contribution in [3.63, 3.8) is 0 Å². The van der Waals surface area contributed by atoms with E-state index in [1.807, 2.05) is 0 Å². The van der Waals surface area contributed by atoms with E-state index in [0.717, 1.165) is 47.8 Å². The Morgan fingerprint density at radius 1 is 0.971 bits per heavy atom. The van der Waals surface area contributed by atoms with Crippen molar-refractivity contribution in [1.29, 1.82) is 0 Å². The Morgan fingerprint density at radius 2 is 1.77 bits per heavy atom. The topological polar surface area (TPSA) is 73.1 Å². The van der Waals surface area contributed by atoms with Gasteiger partial charge < -0.3 is 9.84 Å². The molecule has 0 aliphatic rings. The second-order valence-electron chi connectivity index (χ2n) is 7.53. The predicted molar refractivity (Wildman–Crippen MR) is 109 cm³/mol. The SMILES string of the molecule is OC(Cn1cncn1)(c1ccc(F)cc1F)C(F)(F)c1ccc(OCc2cccc(F)c2F)cn1. The molecule has 1 N–H and O–H groups in total. The molecule has 2 aromatic heterocycles. The van der Waals surface area contributed by atoms with E-state index in [9.17, 15) is 22.7 Å². The molecule has 0 radical (unpaired) electrons.